The number of rotatable bonds is 15. The Morgan fingerprint density at radius 2 is 1.43 bits per heavy atom. The zero-order chi connectivity index (χ0) is 38.2. The summed E-state index contributed by atoms with van der Waals surface area (Å²) in [4.78, 5) is 50.2. The first kappa shape index (κ1) is 38.8. The number of anilines is 4. The molecular weight excluding hydrogens is 713 g/mol. The Balaban J connectivity index is 1.15. The maximum Gasteiger partial charge on any atom is 0.422 e. The number of aryl methyl sites for hydroxylation is 1. The van der Waals surface area contributed by atoms with Crippen molar-refractivity contribution < 1.29 is 32.3 Å². The van der Waals surface area contributed by atoms with Crippen LogP contribution in [0.5, 0.6) is 6.01 Å². The maximum atomic E-state index is 13.0. The molecule has 3 aromatic carbocycles. The van der Waals surface area contributed by atoms with Gasteiger partial charge in [0, 0.05) is 35.1 Å². The Morgan fingerprint density at radius 1 is 0.811 bits per heavy atom. The van der Waals surface area contributed by atoms with E-state index in [4.69, 9.17) is 16.3 Å². The molecule has 5 rings (SSSR count). The highest BCUT2D eigenvalue weighted by Crippen LogP contribution is 2.48. The highest BCUT2D eigenvalue weighted by atomic mass is 35.5. The molecule has 1 aromatic heterocycles. The maximum absolute atomic E-state index is 13.0. The van der Waals surface area contributed by atoms with Crippen molar-refractivity contribution in [3.05, 3.63) is 94.5 Å². The summed E-state index contributed by atoms with van der Waals surface area (Å²) in [7, 11) is 0. The lowest BCUT2D eigenvalue weighted by Crippen LogP contribution is -2.44. The van der Waals surface area contributed by atoms with E-state index in [1.807, 2.05) is 38.1 Å². The minimum Gasteiger partial charge on any atom is -0.454 e. The summed E-state index contributed by atoms with van der Waals surface area (Å²) in [5, 5.41) is 14.7. The van der Waals surface area contributed by atoms with Gasteiger partial charge < -0.3 is 31.3 Å². The molecule has 0 aliphatic heterocycles. The van der Waals surface area contributed by atoms with E-state index in [1.54, 1.807) is 48.5 Å². The van der Waals surface area contributed by atoms with Gasteiger partial charge in [-0.05, 0) is 84.3 Å². The summed E-state index contributed by atoms with van der Waals surface area (Å²) in [5.41, 5.74) is 2.23. The van der Waals surface area contributed by atoms with Gasteiger partial charge in [-0.3, -0.25) is 14.4 Å². The van der Waals surface area contributed by atoms with Gasteiger partial charge in [0.1, 0.15) is 0 Å². The van der Waals surface area contributed by atoms with Gasteiger partial charge in [-0.15, -0.1) is 0 Å². The predicted molar refractivity (Wildman–Crippen MR) is 195 cm³/mol. The van der Waals surface area contributed by atoms with Crippen molar-refractivity contribution >= 4 is 52.6 Å². The standard InChI is InChI=1S/C37H40ClF3N8O4/c1-4-5-23-6-14-27(15-7-23)44-31(52)30(51)43-21-35(2,3)20-42-29(50)24-8-16-28(17-9-24)45-32-46-33(48-34(47-32)53-22-37(39,40)41)49-36(18-19-36)25-10-12-26(38)13-11-25/h6-17H,4-5,18-22H2,1-3H3,(H,42,50)(H,43,51)(H,44,52)(H2,45,46,47,48,49). The van der Waals surface area contributed by atoms with Crippen LogP contribution in [-0.4, -0.2) is 58.5 Å². The second-order valence-electron chi connectivity index (χ2n) is 13.5. The molecule has 53 heavy (non-hydrogen) atoms. The van der Waals surface area contributed by atoms with E-state index < -0.39 is 41.6 Å². The number of nitrogens with zero attached hydrogens (tertiary/aromatic N) is 3. The predicted octanol–water partition coefficient (Wildman–Crippen LogP) is 6.77. The fraction of sp³-hybridized carbons (Fsp3) is 0.351. The van der Waals surface area contributed by atoms with Crippen molar-refractivity contribution in [2.75, 3.05) is 35.6 Å². The molecule has 0 radical (unpaired) electrons. The molecular formula is C37H40ClF3N8O4. The zero-order valence-electron chi connectivity index (χ0n) is 29.4. The number of benzene rings is 3. The van der Waals surface area contributed by atoms with E-state index >= 15 is 0 Å². The highest BCUT2D eigenvalue weighted by molar-refractivity contribution is 6.39. The van der Waals surface area contributed by atoms with Crippen LogP contribution < -0.4 is 31.3 Å². The lowest BCUT2D eigenvalue weighted by molar-refractivity contribution is -0.154. The van der Waals surface area contributed by atoms with Crippen LogP contribution in [0.4, 0.5) is 36.4 Å². The third kappa shape index (κ3) is 11.5. The Bertz CT molecular complexity index is 1900. The minimum atomic E-state index is -4.60. The van der Waals surface area contributed by atoms with Gasteiger partial charge in [0.25, 0.3) is 5.91 Å². The first-order valence-corrected chi connectivity index (χ1v) is 17.3. The van der Waals surface area contributed by atoms with Crippen molar-refractivity contribution in [2.24, 2.45) is 5.41 Å². The number of hydrogen-bond acceptors (Lipinski definition) is 9. The number of amides is 3. The number of alkyl halides is 3. The molecule has 280 valence electrons. The number of carbonyl (C=O) groups excluding carboxylic acids is 3. The van der Waals surface area contributed by atoms with Crippen molar-refractivity contribution in [3.8, 4) is 6.01 Å². The van der Waals surface area contributed by atoms with Crippen LogP contribution in [0.15, 0.2) is 72.8 Å². The summed E-state index contributed by atoms with van der Waals surface area (Å²) in [5.74, 6) is -2.03. The number of hydrogen-bond donors (Lipinski definition) is 5. The lowest BCUT2D eigenvalue weighted by atomic mass is 9.93. The summed E-state index contributed by atoms with van der Waals surface area (Å²) in [6.45, 7) is 4.46. The van der Waals surface area contributed by atoms with Crippen LogP contribution >= 0.6 is 11.6 Å². The summed E-state index contributed by atoms with van der Waals surface area (Å²) in [6, 6.07) is 20.3. The monoisotopic (exact) mass is 752 g/mol. The number of ether oxygens (including phenoxy) is 1. The molecule has 16 heteroatoms. The molecule has 0 bridgehead atoms. The molecule has 0 unspecified atom stereocenters. The van der Waals surface area contributed by atoms with Gasteiger partial charge in [-0.25, -0.2) is 0 Å². The fourth-order valence-corrected chi connectivity index (χ4v) is 5.35. The van der Waals surface area contributed by atoms with Crippen molar-refractivity contribution in [1.82, 2.24) is 25.6 Å². The Kier molecular flexibility index (Phi) is 12.1. The van der Waals surface area contributed by atoms with E-state index in [0.29, 0.717) is 22.0 Å². The van der Waals surface area contributed by atoms with Crippen molar-refractivity contribution in [2.45, 2.75) is 58.2 Å². The van der Waals surface area contributed by atoms with Gasteiger partial charge in [0.2, 0.25) is 11.9 Å². The third-order valence-electron chi connectivity index (χ3n) is 8.29. The molecule has 1 saturated carbocycles. The molecule has 12 nitrogen and oxygen atoms in total. The first-order valence-electron chi connectivity index (χ1n) is 17.0. The van der Waals surface area contributed by atoms with Crippen LogP contribution in [0.25, 0.3) is 0 Å². The molecule has 0 saturated heterocycles. The SMILES string of the molecule is CCCc1ccc(NC(=O)C(=O)NCC(C)(C)CNC(=O)c2ccc(Nc3nc(NC4(c5ccc(Cl)cc5)CC4)nc(OCC(F)(F)F)n3)cc2)cc1. The van der Waals surface area contributed by atoms with E-state index in [-0.39, 0.29) is 30.9 Å². The average molecular weight is 753 g/mol. The van der Waals surface area contributed by atoms with Gasteiger partial charge in [0.05, 0.1) is 5.54 Å². The number of halogens is 4. The number of carbonyl (C=O) groups is 3. The molecule has 0 atom stereocenters. The second kappa shape index (κ2) is 16.5. The van der Waals surface area contributed by atoms with Gasteiger partial charge in [-0.2, -0.15) is 28.1 Å². The second-order valence-corrected chi connectivity index (χ2v) is 14.0. The van der Waals surface area contributed by atoms with Gasteiger partial charge in [-0.1, -0.05) is 63.1 Å². The zero-order valence-corrected chi connectivity index (χ0v) is 30.1. The summed E-state index contributed by atoms with van der Waals surface area (Å²) < 4.78 is 43.7. The van der Waals surface area contributed by atoms with E-state index in [9.17, 15) is 27.6 Å². The van der Waals surface area contributed by atoms with Crippen molar-refractivity contribution in [1.29, 1.82) is 0 Å². The molecule has 1 aliphatic rings. The number of nitrogens with one attached hydrogen (secondary N) is 5. The van der Waals surface area contributed by atoms with E-state index in [1.165, 1.54) is 0 Å². The van der Waals surface area contributed by atoms with Crippen LogP contribution in [0, 0.1) is 5.41 Å². The smallest absolute Gasteiger partial charge is 0.422 e. The Morgan fingerprint density at radius 3 is 2.06 bits per heavy atom. The van der Waals surface area contributed by atoms with Gasteiger partial charge in [0.15, 0.2) is 6.61 Å². The minimum absolute atomic E-state index is 0.0136. The molecule has 0 spiro atoms. The third-order valence-corrected chi connectivity index (χ3v) is 8.54. The molecule has 1 fully saturated rings. The summed E-state index contributed by atoms with van der Waals surface area (Å²) >= 11 is 6.04. The molecule has 1 aliphatic carbocycles. The van der Waals surface area contributed by atoms with Gasteiger partial charge >= 0.3 is 24.0 Å². The Labute approximate surface area is 309 Å². The fourth-order valence-electron chi connectivity index (χ4n) is 5.22. The molecule has 1 heterocycles. The average Bonchev–Trinajstić information content (AvgIpc) is 3.90. The lowest BCUT2D eigenvalue weighted by Gasteiger charge is -2.25. The van der Waals surface area contributed by atoms with E-state index in [0.717, 1.165) is 36.8 Å². The van der Waals surface area contributed by atoms with Crippen LogP contribution in [0.2, 0.25) is 5.02 Å². The number of aromatic nitrogens is 3. The quantitative estimate of drug-likeness (QED) is 0.0826. The van der Waals surface area contributed by atoms with E-state index in [2.05, 4.69) is 48.5 Å². The Hall–Kier alpha value is -5.44. The highest BCUT2D eigenvalue weighted by Gasteiger charge is 2.45. The molecule has 4 aromatic rings. The van der Waals surface area contributed by atoms with Crippen LogP contribution in [0.1, 0.15) is 61.5 Å². The summed E-state index contributed by atoms with van der Waals surface area (Å²) in [6.07, 6.45) is -1.20. The van der Waals surface area contributed by atoms with Crippen LogP contribution in [0.3, 0.4) is 0 Å². The topological polar surface area (TPSA) is 159 Å². The largest absolute Gasteiger partial charge is 0.454 e. The van der Waals surface area contributed by atoms with Crippen molar-refractivity contribution in [3.63, 3.8) is 0 Å². The normalized spacial score (nSPS) is 13.4. The molecule has 3 amide bonds. The first-order chi connectivity index (χ1) is 25.1. The van der Waals surface area contributed by atoms with Crippen LogP contribution in [-0.2, 0) is 21.5 Å². The molecule has 5 N–H and O–H groups in total.